The lowest BCUT2D eigenvalue weighted by atomic mass is 10.0. The van der Waals surface area contributed by atoms with Crippen LogP contribution in [0.2, 0.25) is 0 Å². The summed E-state index contributed by atoms with van der Waals surface area (Å²) in [5, 5.41) is 10.7. The summed E-state index contributed by atoms with van der Waals surface area (Å²) in [4.78, 5) is 73.2. The summed E-state index contributed by atoms with van der Waals surface area (Å²) in [6.45, 7) is 7.37. The minimum atomic E-state index is -4.96. The van der Waals surface area contributed by atoms with E-state index < -0.39 is 97.5 Å². The van der Waals surface area contributed by atoms with Gasteiger partial charge in [0.1, 0.15) is 19.3 Å². The van der Waals surface area contributed by atoms with E-state index in [0.717, 1.165) is 95.8 Å². The molecule has 0 aliphatic heterocycles. The highest BCUT2D eigenvalue weighted by atomic mass is 31.2. The smallest absolute Gasteiger partial charge is 0.462 e. The number of hydrogen-bond acceptors (Lipinski definition) is 15. The van der Waals surface area contributed by atoms with E-state index in [2.05, 4.69) is 34.6 Å². The first-order valence-corrected chi connectivity index (χ1v) is 47.1. The van der Waals surface area contributed by atoms with E-state index in [9.17, 15) is 43.2 Å². The fraction of sp³-hybridized carbons (Fsp3) is 0.953. The standard InChI is InChI=1S/C85H166O17P2/c1-6-9-12-15-18-21-24-27-29-30-31-32-33-34-35-36-39-46-51-56-61-66-71-85(90)102-81(75-96-83(88)69-64-59-54-49-44-41-40-42-47-52-57-62-67-78(4)5)77-100-104(93,94)98-73-79(86)72-97-103(91,92)99-76-80(74-95-82(87)68-63-58-53-48-43-37-26-23-20-17-14-11-8-3)101-84(89)70-65-60-55-50-45-38-28-25-22-19-16-13-10-7-2/h78-81,86H,6-77H2,1-5H3,(H,91,92)(H,93,94)/t79-,80+,81+/m0/s1. The van der Waals surface area contributed by atoms with Crippen molar-refractivity contribution in [3.8, 4) is 0 Å². The molecule has 0 rings (SSSR count). The highest BCUT2D eigenvalue weighted by Gasteiger charge is 2.30. The van der Waals surface area contributed by atoms with Gasteiger partial charge in [0.05, 0.1) is 26.4 Å². The fourth-order valence-corrected chi connectivity index (χ4v) is 14.9. The number of unbranched alkanes of at least 4 members (excludes halogenated alkanes) is 57. The van der Waals surface area contributed by atoms with Crippen LogP contribution in [0.3, 0.4) is 0 Å². The van der Waals surface area contributed by atoms with E-state index >= 15 is 0 Å². The Bertz CT molecular complexity index is 1980. The average molecular weight is 1520 g/mol. The number of ether oxygens (including phenoxy) is 4. The number of esters is 4. The summed E-state index contributed by atoms with van der Waals surface area (Å²) in [6, 6.07) is 0. The van der Waals surface area contributed by atoms with Crippen LogP contribution >= 0.6 is 15.6 Å². The van der Waals surface area contributed by atoms with E-state index in [0.29, 0.717) is 25.7 Å². The molecule has 5 atom stereocenters. The minimum absolute atomic E-state index is 0.109. The topological polar surface area (TPSA) is 237 Å². The first-order chi connectivity index (χ1) is 50.5. The zero-order valence-corrected chi connectivity index (χ0v) is 70.0. The number of hydrogen-bond donors (Lipinski definition) is 3. The maximum absolute atomic E-state index is 13.1. The minimum Gasteiger partial charge on any atom is -0.462 e. The number of aliphatic hydroxyl groups excluding tert-OH is 1. The molecule has 0 aromatic carbocycles. The third-order valence-corrected chi connectivity index (χ3v) is 21.9. The van der Waals surface area contributed by atoms with Crippen molar-refractivity contribution in [3.05, 3.63) is 0 Å². The van der Waals surface area contributed by atoms with Gasteiger partial charge >= 0.3 is 39.5 Å². The molecule has 0 aromatic rings. The quantitative estimate of drug-likeness (QED) is 0.0222. The van der Waals surface area contributed by atoms with E-state index in [-0.39, 0.29) is 25.7 Å². The number of rotatable bonds is 85. The summed E-state index contributed by atoms with van der Waals surface area (Å²) in [7, 11) is -9.92. The molecule has 0 spiro atoms. The van der Waals surface area contributed by atoms with Gasteiger partial charge in [-0.2, -0.15) is 0 Å². The van der Waals surface area contributed by atoms with Crippen LogP contribution in [-0.4, -0.2) is 96.7 Å². The Hall–Kier alpha value is -1.94. The van der Waals surface area contributed by atoms with Gasteiger partial charge in [0, 0.05) is 25.7 Å². The second kappa shape index (κ2) is 77.8. The Balaban J connectivity index is 5.23. The molecule has 0 fully saturated rings. The molecule has 0 aromatic heterocycles. The van der Waals surface area contributed by atoms with Crippen LogP contribution < -0.4 is 0 Å². The van der Waals surface area contributed by atoms with Crippen LogP contribution in [0.15, 0.2) is 0 Å². The van der Waals surface area contributed by atoms with E-state index in [1.165, 1.54) is 283 Å². The van der Waals surface area contributed by atoms with Gasteiger partial charge in [-0.15, -0.1) is 0 Å². The summed E-state index contributed by atoms with van der Waals surface area (Å²) in [6.07, 6.45) is 70.7. The molecular weight excluding hydrogens is 1350 g/mol. The molecule has 0 amide bonds. The van der Waals surface area contributed by atoms with E-state index in [4.69, 9.17) is 37.0 Å². The van der Waals surface area contributed by atoms with Crippen molar-refractivity contribution in [2.75, 3.05) is 39.6 Å². The summed E-state index contributed by atoms with van der Waals surface area (Å²) >= 11 is 0. The molecule has 0 radical (unpaired) electrons. The largest absolute Gasteiger partial charge is 0.472 e. The molecule has 2 unspecified atom stereocenters. The zero-order valence-electron chi connectivity index (χ0n) is 68.2. The van der Waals surface area contributed by atoms with Gasteiger partial charge in [0.2, 0.25) is 0 Å². The number of carbonyl (C=O) groups is 4. The molecule has 0 aliphatic carbocycles. The first kappa shape index (κ1) is 102. The lowest BCUT2D eigenvalue weighted by Gasteiger charge is -2.21. The summed E-state index contributed by atoms with van der Waals surface area (Å²) in [5.74, 6) is -1.32. The second-order valence-corrected chi connectivity index (χ2v) is 34.0. The van der Waals surface area contributed by atoms with Crippen LogP contribution in [0, 0.1) is 5.92 Å². The maximum Gasteiger partial charge on any atom is 0.472 e. The van der Waals surface area contributed by atoms with E-state index in [1.54, 1.807) is 0 Å². The van der Waals surface area contributed by atoms with Crippen molar-refractivity contribution in [2.24, 2.45) is 5.92 Å². The summed E-state index contributed by atoms with van der Waals surface area (Å²) < 4.78 is 68.9. The van der Waals surface area contributed by atoms with Gasteiger partial charge < -0.3 is 33.8 Å². The van der Waals surface area contributed by atoms with Crippen LogP contribution in [0.5, 0.6) is 0 Å². The van der Waals surface area contributed by atoms with Crippen LogP contribution in [0.1, 0.15) is 458 Å². The normalized spacial score (nSPS) is 13.8. The van der Waals surface area contributed by atoms with Crippen molar-refractivity contribution < 1.29 is 80.2 Å². The Labute approximate surface area is 638 Å². The molecule has 618 valence electrons. The number of phosphoric acid groups is 2. The van der Waals surface area contributed by atoms with Crippen molar-refractivity contribution >= 4 is 39.5 Å². The molecular formula is C85H166O17P2. The van der Waals surface area contributed by atoms with Crippen LogP contribution in [-0.2, 0) is 65.4 Å². The summed E-state index contributed by atoms with van der Waals surface area (Å²) in [5.41, 5.74) is 0. The second-order valence-electron chi connectivity index (χ2n) is 31.1. The molecule has 0 aliphatic rings. The highest BCUT2D eigenvalue weighted by Crippen LogP contribution is 2.45. The van der Waals surface area contributed by atoms with Crippen LogP contribution in [0.25, 0.3) is 0 Å². The molecule has 17 nitrogen and oxygen atoms in total. The third-order valence-electron chi connectivity index (χ3n) is 20.0. The lowest BCUT2D eigenvalue weighted by Crippen LogP contribution is -2.30. The van der Waals surface area contributed by atoms with Gasteiger partial charge in [0.15, 0.2) is 12.2 Å². The van der Waals surface area contributed by atoms with Gasteiger partial charge in [-0.05, 0) is 31.6 Å². The average Bonchev–Trinajstić information content (AvgIpc) is 0.913. The van der Waals surface area contributed by atoms with Crippen molar-refractivity contribution in [2.45, 2.75) is 477 Å². The number of carbonyl (C=O) groups excluding carboxylic acids is 4. The monoisotopic (exact) mass is 1520 g/mol. The predicted molar refractivity (Wildman–Crippen MR) is 428 cm³/mol. The zero-order chi connectivity index (χ0) is 76.2. The molecule has 3 N–H and O–H groups in total. The molecule has 0 saturated heterocycles. The maximum atomic E-state index is 13.1. The van der Waals surface area contributed by atoms with Gasteiger partial charge in [-0.3, -0.25) is 37.3 Å². The Kier molecular flexibility index (Phi) is 76.3. The Morgan fingerprint density at radius 2 is 0.442 bits per heavy atom. The fourth-order valence-electron chi connectivity index (χ4n) is 13.3. The number of phosphoric ester groups is 2. The predicted octanol–water partition coefficient (Wildman–Crippen LogP) is 26.0. The first-order valence-electron chi connectivity index (χ1n) is 44.1. The number of aliphatic hydroxyl groups is 1. The Morgan fingerprint density at radius 3 is 0.654 bits per heavy atom. The molecule has 0 bridgehead atoms. The van der Waals surface area contributed by atoms with Crippen molar-refractivity contribution in [3.63, 3.8) is 0 Å². The lowest BCUT2D eigenvalue weighted by molar-refractivity contribution is -0.161. The Morgan fingerprint density at radius 1 is 0.260 bits per heavy atom. The van der Waals surface area contributed by atoms with Crippen molar-refractivity contribution in [1.82, 2.24) is 0 Å². The van der Waals surface area contributed by atoms with E-state index in [1.807, 2.05) is 0 Å². The molecule has 0 heterocycles. The molecule has 19 heteroatoms. The van der Waals surface area contributed by atoms with Gasteiger partial charge in [-0.25, -0.2) is 9.13 Å². The van der Waals surface area contributed by atoms with Gasteiger partial charge in [-0.1, -0.05) is 407 Å². The van der Waals surface area contributed by atoms with Crippen molar-refractivity contribution in [1.29, 1.82) is 0 Å². The highest BCUT2D eigenvalue weighted by molar-refractivity contribution is 7.47. The third kappa shape index (κ3) is 78.2. The SMILES string of the molecule is CCCCCCCCCCCCCCCCCCCCCCCCC(=O)O[C@H](COC(=O)CCCCCCCCCCCCCCC(C)C)COP(=O)(O)OC[C@@H](O)COP(=O)(O)OC[C@@H](COC(=O)CCCCCCCCCCCCCCC)OC(=O)CCCCCCCCCCCCCCCC. The van der Waals surface area contributed by atoms with Gasteiger partial charge in [0.25, 0.3) is 0 Å². The van der Waals surface area contributed by atoms with Crippen LogP contribution in [0.4, 0.5) is 0 Å². The molecule has 104 heavy (non-hydrogen) atoms. The molecule has 0 saturated carbocycles.